The largest absolute Gasteiger partial charge is 0.339 e. The van der Waals surface area contributed by atoms with E-state index in [-0.39, 0.29) is 29.4 Å². The zero-order chi connectivity index (χ0) is 15.6. The molecule has 0 spiro atoms. The molecule has 2 saturated heterocycles. The van der Waals surface area contributed by atoms with Crippen LogP contribution in [0, 0.1) is 5.92 Å². The highest BCUT2D eigenvalue weighted by Crippen LogP contribution is 2.27. The molecule has 4 nitrogen and oxygen atoms in total. The van der Waals surface area contributed by atoms with E-state index in [4.69, 9.17) is 0 Å². The number of hydrogen-bond acceptors (Lipinski definition) is 3. The van der Waals surface area contributed by atoms with Gasteiger partial charge in [0.25, 0.3) is 0 Å². The van der Waals surface area contributed by atoms with Gasteiger partial charge in [0.15, 0.2) is 9.84 Å². The molecular formula is C17H23NO3S. The van der Waals surface area contributed by atoms with Crippen LogP contribution in [0.15, 0.2) is 30.3 Å². The molecule has 2 fully saturated rings. The summed E-state index contributed by atoms with van der Waals surface area (Å²) in [6.45, 7) is 0.787. The molecule has 0 bridgehead atoms. The number of carbonyl (C=O) groups is 1. The Morgan fingerprint density at radius 1 is 1.18 bits per heavy atom. The van der Waals surface area contributed by atoms with Gasteiger partial charge in [-0.25, -0.2) is 8.42 Å². The van der Waals surface area contributed by atoms with E-state index < -0.39 is 9.84 Å². The van der Waals surface area contributed by atoms with Crippen LogP contribution in [0.2, 0.25) is 0 Å². The molecule has 0 saturated carbocycles. The van der Waals surface area contributed by atoms with Crippen LogP contribution >= 0.6 is 0 Å². The van der Waals surface area contributed by atoms with E-state index in [0.717, 1.165) is 32.2 Å². The Labute approximate surface area is 132 Å². The highest BCUT2D eigenvalue weighted by molar-refractivity contribution is 7.91. The molecule has 1 aromatic carbocycles. The first kappa shape index (κ1) is 15.5. The zero-order valence-electron chi connectivity index (χ0n) is 12.8. The van der Waals surface area contributed by atoms with E-state index in [1.54, 1.807) is 0 Å². The molecule has 0 radical (unpaired) electrons. The minimum atomic E-state index is -2.99. The predicted molar refractivity (Wildman–Crippen MR) is 86.3 cm³/mol. The molecule has 120 valence electrons. The molecule has 1 aromatic rings. The first-order chi connectivity index (χ1) is 10.6. The summed E-state index contributed by atoms with van der Waals surface area (Å²) >= 11 is 0. The fourth-order valence-electron chi connectivity index (χ4n) is 3.63. The summed E-state index contributed by atoms with van der Waals surface area (Å²) in [4.78, 5) is 14.6. The van der Waals surface area contributed by atoms with Gasteiger partial charge < -0.3 is 4.90 Å². The molecule has 22 heavy (non-hydrogen) atoms. The van der Waals surface area contributed by atoms with Crippen molar-refractivity contribution in [2.75, 3.05) is 18.1 Å². The van der Waals surface area contributed by atoms with Crippen LogP contribution in [-0.4, -0.2) is 43.3 Å². The summed E-state index contributed by atoms with van der Waals surface area (Å²) in [6, 6.07) is 10.6. The quantitative estimate of drug-likeness (QED) is 0.853. The van der Waals surface area contributed by atoms with Crippen molar-refractivity contribution in [3.05, 3.63) is 35.9 Å². The van der Waals surface area contributed by atoms with Crippen molar-refractivity contribution in [2.45, 2.75) is 38.1 Å². The summed E-state index contributed by atoms with van der Waals surface area (Å²) in [5.74, 6) is -0.0152. The van der Waals surface area contributed by atoms with Gasteiger partial charge in [-0.1, -0.05) is 30.3 Å². The SMILES string of the molecule is O=C([C@@H]1CCS(=O)(=O)C1)N1CCC[C@H]1CCc1ccccc1. The fourth-order valence-corrected chi connectivity index (χ4v) is 5.36. The van der Waals surface area contributed by atoms with Gasteiger partial charge in [0.2, 0.25) is 5.91 Å². The van der Waals surface area contributed by atoms with Crippen molar-refractivity contribution in [1.29, 1.82) is 0 Å². The molecule has 5 heteroatoms. The summed E-state index contributed by atoms with van der Waals surface area (Å²) < 4.78 is 23.2. The van der Waals surface area contributed by atoms with E-state index in [9.17, 15) is 13.2 Å². The molecule has 1 amide bonds. The Morgan fingerprint density at radius 3 is 2.64 bits per heavy atom. The van der Waals surface area contributed by atoms with Gasteiger partial charge >= 0.3 is 0 Å². The van der Waals surface area contributed by atoms with Crippen molar-refractivity contribution in [1.82, 2.24) is 4.90 Å². The number of amides is 1. The third kappa shape index (κ3) is 3.51. The van der Waals surface area contributed by atoms with Crippen LogP contribution in [0.5, 0.6) is 0 Å². The molecule has 2 aliphatic heterocycles. The average Bonchev–Trinajstić information content (AvgIpc) is 3.11. The Balaban J connectivity index is 1.59. The van der Waals surface area contributed by atoms with Gasteiger partial charge in [-0.2, -0.15) is 0 Å². The van der Waals surface area contributed by atoms with E-state index in [0.29, 0.717) is 6.42 Å². The minimum Gasteiger partial charge on any atom is -0.339 e. The number of nitrogens with zero attached hydrogens (tertiary/aromatic N) is 1. The Kier molecular flexibility index (Phi) is 4.52. The third-order valence-electron chi connectivity index (χ3n) is 4.85. The normalized spacial score (nSPS) is 27.2. The van der Waals surface area contributed by atoms with Gasteiger partial charge in [-0.15, -0.1) is 0 Å². The summed E-state index contributed by atoms with van der Waals surface area (Å²) in [5, 5.41) is 0. The third-order valence-corrected chi connectivity index (χ3v) is 6.62. The van der Waals surface area contributed by atoms with Crippen LogP contribution in [0.25, 0.3) is 0 Å². The van der Waals surface area contributed by atoms with Crippen molar-refractivity contribution in [2.24, 2.45) is 5.92 Å². The summed E-state index contributed by atoms with van der Waals surface area (Å²) in [7, 11) is -2.99. The monoisotopic (exact) mass is 321 g/mol. The Hall–Kier alpha value is -1.36. The second-order valence-electron chi connectivity index (χ2n) is 6.45. The lowest BCUT2D eigenvalue weighted by atomic mass is 10.0. The molecule has 0 unspecified atom stereocenters. The fraction of sp³-hybridized carbons (Fsp3) is 0.588. The van der Waals surface area contributed by atoms with Crippen LogP contribution < -0.4 is 0 Å². The van der Waals surface area contributed by atoms with Crippen molar-refractivity contribution in [3.8, 4) is 0 Å². The van der Waals surface area contributed by atoms with Crippen LogP contribution in [0.1, 0.15) is 31.2 Å². The molecule has 2 aliphatic rings. The van der Waals surface area contributed by atoms with Gasteiger partial charge in [0.05, 0.1) is 17.4 Å². The van der Waals surface area contributed by atoms with Crippen molar-refractivity contribution in [3.63, 3.8) is 0 Å². The first-order valence-corrected chi connectivity index (χ1v) is 9.92. The summed E-state index contributed by atoms with van der Waals surface area (Å²) in [6.07, 6.45) is 4.51. The molecule has 0 N–H and O–H groups in total. The van der Waals surface area contributed by atoms with Gasteiger partial charge in [-0.3, -0.25) is 4.79 Å². The number of aryl methyl sites for hydroxylation is 1. The van der Waals surface area contributed by atoms with E-state index >= 15 is 0 Å². The van der Waals surface area contributed by atoms with Gasteiger partial charge in [0.1, 0.15) is 0 Å². The maximum absolute atomic E-state index is 12.6. The zero-order valence-corrected chi connectivity index (χ0v) is 13.6. The van der Waals surface area contributed by atoms with Crippen LogP contribution in [-0.2, 0) is 21.1 Å². The van der Waals surface area contributed by atoms with E-state index in [1.807, 2.05) is 23.1 Å². The smallest absolute Gasteiger partial charge is 0.226 e. The number of likely N-dealkylation sites (tertiary alicyclic amines) is 1. The highest BCUT2D eigenvalue weighted by atomic mass is 32.2. The Bertz CT molecular complexity index is 627. The average molecular weight is 321 g/mol. The maximum Gasteiger partial charge on any atom is 0.226 e. The molecule has 2 atom stereocenters. The number of hydrogen-bond donors (Lipinski definition) is 0. The number of benzene rings is 1. The molecule has 3 rings (SSSR count). The van der Waals surface area contributed by atoms with E-state index in [2.05, 4.69) is 12.1 Å². The van der Waals surface area contributed by atoms with Gasteiger partial charge in [-0.05, 0) is 37.7 Å². The number of carbonyl (C=O) groups excluding carboxylic acids is 1. The lowest BCUT2D eigenvalue weighted by molar-refractivity contribution is -0.135. The Morgan fingerprint density at radius 2 is 1.95 bits per heavy atom. The highest BCUT2D eigenvalue weighted by Gasteiger charge is 2.38. The predicted octanol–water partition coefficient (Wildman–Crippen LogP) is 2.04. The first-order valence-electron chi connectivity index (χ1n) is 8.10. The standard InChI is InChI=1S/C17H23NO3S/c19-17(15-10-12-22(20,21)13-15)18-11-4-7-16(18)9-8-14-5-2-1-3-6-14/h1-3,5-6,15-16H,4,7-13H2/t15-,16+/m1/s1. The van der Waals surface area contributed by atoms with E-state index in [1.165, 1.54) is 5.56 Å². The second kappa shape index (κ2) is 6.41. The molecule has 2 heterocycles. The van der Waals surface area contributed by atoms with Crippen molar-refractivity contribution < 1.29 is 13.2 Å². The molecular weight excluding hydrogens is 298 g/mol. The minimum absolute atomic E-state index is 0.0493. The van der Waals surface area contributed by atoms with Crippen LogP contribution in [0.3, 0.4) is 0 Å². The van der Waals surface area contributed by atoms with Crippen molar-refractivity contribution >= 4 is 15.7 Å². The number of sulfone groups is 1. The lowest BCUT2D eigenvalue weighted by Gasteiger charge is -2.27. The maximum atomic E-state index is 12.6. The number of rotatable bonds is 4. The second-order valence-corrected chi connectivity index (χ2v) is 8.68. The van der Waals surface area contributed by atoms with Crippen LogP contribution in [0.4, 0.5) is 0 Å². The summed E-state index contributed by atoms with van der Waals surface area (Å²) in [5.41, 5.74) is 1.30. The lowest BCUT2D eigenvalue weighted by Crippen LogP contribution is -2.40. The topological polar surface area (TPSA) is 54.5 Å². The molecule has 0 aliphatic carbocycles. The molecule has 0 aromatic heterocycles. The van der Waals surface area contributed by atoms with Gasteiger partial charge in [0, 0.05) is 12.6 Å².